The van der Waals surface area contributed by atoms with Gasteiger partial charge in [0.1, 0.15) is 5.58 Å². The summed E-state index contributed by atoms with van der Waals surface area (Å²) in [6.07, 6.45) is 6.46. The summed E-state index contributed by atoms with van der Waals surface area (Å²) in [5.74, 6) is -0.0346. The molecule has 2 aliphatic rings. The molecular weight excluding hydrogens is 346 g/mol. The first-order chi connectivity index (χ1) is 12.7. The Hall–Kier alpha value is -2.18. The van der Waals surface area contributed by atoms with Gasteiger partial charge in [0, 0.05) is 35.3 Å². The minimum atomic E-state index is -0.0346. The molecule has 5 rings (SSSR count). The summed E-state index contributed by atoms with van der Waals surface area (Å²) in [6, 6.07) is 4.35. The van der Waals surface area contributed by atoms with Gasteiger partial charge in [0.2, 0.25) is 5.91 Å². The van der Waals surface area contributed by atoms with E-state index < -0.39 is 0 Å². The van der Waals surface area contributed by atoms with E-state index in [0.717, 1.165) is 54.6 Å². The minimum Gasteiger partial charge on any atom is -0.464 e. The van der Waals surface area contributed by atoms with Gasteiger partial charge in [0.25, 0.3) is 0 Å². The lowest BCUT2D eigenvalue weighted by Crippen LogP contribution is -2.25. The Bertz CT molecular complexity index is 1000. The molecule has 1 aliphatic heterocycles. The molecule has 0 fully saturated rings. The lowest BCUT2D eigenvalue weighted by Gasteiger charge is -2.20. The highest BCUT2D eigenvalue weighted by Gasteiger charge is 2.20. The van der Waals surface area contributed by atoms with Crippen LogP contribution in [0.2, 0.25) is 0 Å². The monoisotopic (exact) mass is 367 g/mol. The number of aryl methyl sites for hydroxylation is 2. The number of benzene rings is 1. The van der Waals surface area contributed by atoms with Crippen LogP contribution in [0, 0.1) is 0 Å². The molecule has 0 atom stereocenters. The molecule has 134 valence electrons. The molecule has 0 bridgehead atoms. The van der Waals surface area contributed by atoms with Crippen molar-refractivity contribution < 1.29 is 9.21 Å². The Balaban J connectivity index is 1.34. The van der Waals surface area contributed by atoms with Crippen LogP contribution in [-0.2, 0) is 37.0 Å². The van der Waals surface area contributed by atoms with Crippen molar-refractivity contribution >= 4 is 33.3 Å². The third kappa shape index (κ3) is 2.83. The molecule has 0 saturated heterocycles. The molecule has 1 amide bonds. The third-order valence-corrected chi connectivity index (χ3v) is 6.39. The van der Waals surface area contributed by atoms with Gasteiger partial charge >= 0.3 is 0 Å². The Morgan fingerprint density at radius 3 is 3.04 bits per heavy atom. The SMILES string of the molecule is CN1CCc2nc(NC(=O)Cc3coc4cc5c(cc34)CCC5)sc2C1. The van der Waals surface area contributed by atoms with Crippen molar-refractivity contribution in [2.45, 2.75) is 38.6 Å². The summed E-state index contributed by atoms with van der Waals surface area (Å²) in [5, 5.41) is 4.76. The molecule has 0 spiro atoms. The number of thiazole rings is 1. The average molecular weight is 367 g/mol. The first-order valence-corrected chi connectivity index (χ1v) is 9.96. The smallest absolute Gasteiger partial charge is 0.230 e. The van der Waals surface area contributed by atoms with Gasteiger partial charge in [-0.3, -0.25) is 4.79 Å². The van der Waals surface area contributed by atoms with Crippen molar-refractivity contribution in [3.05, 3.63) is 45.7 Å². The quantitative estimate of drug-likeness (QED) is 0.769. The average Bonchev–Trinajstić information content (AvgIpc) is 3.31. The van der Waals surface area contributed by atoms with E-state index in [4.69, 9.17) is 4.42 Å². The van der Waals surface area contributed by atoms with Crippen LogP contribution in [0.3, 0.4) is 0 Å². The highest BCUT2D eigenvalue weighted by atomic mass is 32.1. The maximum Gasteiger partial charge on any atom is 0.230 e. The number of likely N-dealkylation sites (N-methyl/N-ethyl adjacent to an activating group) is 1. The number of hydrogen-bond acceptors (Lipinski definition) is 5. The van der Waals surface area contributed by atoms with Crippen LogP contribution < -0.4 is 5.32 Å². The molecular formula is C20H21N3O2S. The first-order valence-electron chi connectivity index (χ1n) is 9.14. The van der Waals surface area contributed by atoms with Crippen LogP contribution in [0.25, 0.3) is 11.0 Å². The minimum absolute atomic E-state index is 0.0346. The third-order valence-electron chi connectivity index (χ3n) is 5.39. The zero-order valence-corrected chi connectivity index (χ0v) is 15.6. The van der Waals surface area contributed by atoms with E-state index in [-0.39, 0.29) is 5.91 Å². The summed E-state index contributed by atoms with van der Waals surface area (Å²) in [5.41, 5.74) is 5.76. The topological polar surface area (TPSA) is 58.4 Å². The van der Waals surface area contributed by atoms with E-state index in [1.807, 2.05) is 0 Å². The van der Waals surface area contributed by atoms with E-state index in [1.54, 1.807) is 17.6 Å². The number of anilines is 1. The van der Waals surface area contributed by atoms with E-state index in [9.17, 15) is 4.79 Å². The number of rotatable bonds is 3. The fraction of sp³-hybridized carbons (Fsp3) is 0.400. The zero-order chi connectivity index (χ0) is 17.7. The van der Waals surface area contributed by atoms with Crippen molar-refractivity contribution in [3.8, 4) is 0 Å². The van der Waals surface area contributed by atoms with Crippen LogP contribution in [0.4, 0.5) is 5.13 Å². The molecule has 0 saturated carbocycles. The van der Waals surface area contributed by atoms with Gasteiger partial charge in [-0.2, -0.15) is 0 Å². The van der Waals surface area contributed by atoms with Crippen LogP contribution in [0.15, 0.2) is 22.8 Å². The van der Waals surface area contributed by atoms with E-state index in [2.05, 4.69) is 34.4 Å². The van der Waals surface area contributed by atoms with Crippen LogP contribution in [0.5, 0.6) is 0 Å². The van der Waals surface area contributed by atoms with Gasteiger partial charge in [0.15, 0.2) is 5.13 Å². The maximum absolute atomic E-state index is 12.5. The summed E-state index contributed by atoms with van der Waals surface area (Å²) >= 11 is 1.59. The Labute approximate surface area is 156 Å². The van der Waals surface area contributed by atoms with Crippen molar-refractivity contribution in [1.29, 1.82) is 0 Å². The number of aromatic nitrogens is 1. The van der Waals surface area contributed by atoms with Crippen LogP contribution >= 0.6 is 11.3 Å². The van der Waals surface area contributed by atoms with Crippen molar-refractivity contribution in [2.75, 3.05) is 18.9 Å². The van der Waals surface area contributed by atoms with Gasteiger partial charge in [-0.25, -0.2) is 4.98 Å². The molecule has 5 nitrogen and oxygen atoms in total. The molecule has 2 aromatic heterocycles. The molecule has 6 heteroatoms. The van der Waals surface area contributed by atoms with Crippen molar-refractivity contribution in [2.24, 2.45) is 0 Å². The van der Waals surface area contributed by atoms with Gasteiger partial charge < -0.3 is 14.6 Å². The second-order valence-electron chi connectivity index (χ2n) is 7.33. The summed E-state index contributed by atoms with van der Waals surface area (Å²) < 4.78 is 5.70. The number of fused-ring (bicyclic) bond motifs is 3. The van der Waals surface area contributed by atoms with E-state index in [0.29, 0.717) is 11.6 Å². The van der Waals surface area contributed by atoms with Gasteiger partial charge in [-0.15, -0.1) is 11.3 Å². The molecule has 3 aromatic rings. The Morgan fingerprint density at radius 1 is 1.31 bits per heavy atom. The van der Waals surface area contributed by atoms with Crippen molar-refractivity contribution in [3.63, 3.8) is 0 Å². The fourth-order valence-corrected chi connectivity index (χ4v) is 5.10. The molecule has 26 heavy (non-hydrogen) atoms. The van der Waals surface area contributed by atoms with Gasteiger partial charge in [-0.1, -0.05) is 0 Å². The number of carbonyl (C=O) groups excluding carboxylic acids is 1. The lowest BCUT2D eigenvalue weighted by atomic mass is 10.0. The molecule has 0 unspecified atom stereocenters. The summed E-state index contributed by atoms with van der Waals surface area (Å²) in [6.45, 7) is 1.94. The van der Waals surface area contributed by atoms with Crippen LogP contribution in [-0.4, -0.2) is 29.4 Å². The van der Waals surface area contributed by atoms with Gasteiger partial charge in [-0.05, 0) is 49.6 Å². The number of nitrogens with one attached hydrogen (secondary N) is 1. The molecule has 3 heterocycles. The fourth-order valence-electron chi connectivity index (χ4n) is 4.00. The number of carbonyl (C=O) groups is 1. The van der Waals surface area contributed by atoms with Crippen molar-refractivity contribution in [1.82, 2.24) is 9.88 Å². The standard InChI is InChI=1S/C20H21N3O2S/c1-23-6-5-16-18(10-23)26-20(21-16)22-19(24)9-14-11-25-17-8-13-4-2-3-12(13)7-15(14)17/h7-8,11H,2-6,9-10H2,1H3,(H,21,22,24). The predicted molar refractivity (Wildman–Crippen MR) is 103 cm³/mol. The van der Waals surface area contributed by atoms with Gasteiger partial charge in [0.05, 0.1) is 18.4 Å². The second kappa shape index (κ2) is 6.21. The zero-order valence-electron chi connectivity index (χ0n) is 14.8. The number of hydrogen-bond donors (Lipinski definition) is 1. The van der Waals surface area contributed by atoms with Crippen LogP contribution in [0.1, 0.15) is 33.7 Å². The van der Waals surface area contributed by atoms with E-state index in [1.165, 1.54) is 22.4 Å². The molecule has 0 radical (unpaired) electrons. The Kier molecular flexibility index (Phi) is 3.83. The highest BCUT2D eigenvalue weighted by Crippen LogP contribution is 2.31. The number of amides is 1. The largest absolute Gasteiger partial charge is 0.464 e. The highest BCUT2D eigenvalue weighted by molar-refractivity contribution is 7.15. The lowest BCUT2D eigenvalue weighted by molar-refractivity contribution is -0.115. The first kappa shape index (κ1) is 16.0. The second-order valence-corrected chi connectivity index (χ2v) is 8.42. The summed E-state index contributed by atoms with van der Waals surface area (Å²) in [7, 11) is 2.11. The molecule has 1 aliphatic carbocycles. The number of furan rings is 1. The molecule has 1 N–H and O–H groups in total. The number of nitrogens with zero attached hydrogens (tertiary/aromatic N) is 2. The molecule has 1 aromatic carbocycles. The van der Waals surface area contributed by atoms with E-state index >= 15 is 0 Å². The normalized spacial score (nSPS) is 16.7. The predicted octanol–water partition coefficient (Wildman–Crippen LogP) is 3.55. The maximum atomic E-state index is 12.5. The Morgan fingerprint density at radius 2 is 2.15 bits per heavy atom. The summed E-state index contributed by atoms with van der Waals surface area (Å²) in [4.78, 5) is 20.7.